The van der Waals surface area contributed by atoms with Crippen molar-refractivity contribution < 1.29 is 19.4 Å². The topological polar surface area (TPSA) is 89.4 Å². The van der Waals surface area contributed by atoms with Crippen LogP contribution in [-0.4, -0.2) is 38.9 Å². The summed E-state index contributed by atoms with van der Waals surface area (Å²) in [5, 5.41) is 8.68. The van der Waals surface area contributed by atoms with Crippen LogP contribution < -0.4 is 0 Å². The Morgan fingerprint density at radius 1 is 1.25 bits per heavy atom. The molecule has 0 aliphatic rings. The monoisotopic (exact) mass is 346 g/mol. The largest absolute Gasteiger partial charge is 0.480 e. The van der Waals surface area contributed by atoms with E-state index in [1.807, 2.05) is 30.3 Å². The lowest BCUT2D eigenvalue weighted by Gasteiger charge is -2.13. The molecule has 0 spiro atoms. The third kappa shape index (κ3) is 4.11. The van der Waals surface area contributed by atoms with E-state index in [1.54, 1.807) is 20.8 Å². The van der Waals surface area contributed by atoms with Crippen LogP contribution in [0.4, 0.5) is 0 Å². The molecule has 1 heterocycles. The number of hydrogen-bond donors (Lipinski definition) is 1. The normalized spacial score (nSPS) is 11.8. The van der Waals surface area contributed by atoms with E-state index in [0.717, 1.165) is 17.3 Å². The Morgan fingerprint density at radius 2 is 1.92 bits per heavy atom. The molecule has 0 saturated carbocycles. The minimum atomic E-state index is -0.947. The second-order valence-corrected chi connectivity index (χ2v) is 6.31. The van der Waals surface area contributed by atoms with Crippen molar-refractivity contribution in [1.29, 1.82) is 0 Å². The Labute approximate surface area is 144 Å². The molecule has 0 amide bonds. The van der Waals surface area contributed by atoms with E-state index in [9.17, 15) is 9.59 Å². The highest BCUT2D eigenvalue weighted by molar-refractivity contribution is 8.00. The van der Waals surface area contributed by atoms with Crippen LogP contribution in [0.25, 0.3) is 11.3 Å². The molecule has 0 fully saturated rings. The smallest absolute Gasteiger partial charge is 0.342 e. The van der Waals surface area contributed by atoms with E-state index < -0.39 is 17.2 Å². The summed E-state index contributed by atoms with van der Waals surface area (Å²) >= 11 is 1.03. The third-order valence-electron chi connectivity index (χ3n) is 3.23. The van der Waals surface area contributed by atoms with Crippen molar-refractivity contribution in [2.45, 2.75) is 31.2 Å². The minimum absolute atomic E-state index is 0.249. The zero-order chi connectivity index (χ0) is 17.7. The fourth-order valence-electron chi connectivity index (χ4n) is 2.06. The maximum Gasteiger partial charge on any atom is 0.342 e. The maximum atomic E-state index is 12.3. The van der Waals surface area contributed by atoms with Gasteiger partial charge in [0.15, 0.2) is 5.16 Å². The molecule has 0 aliphatic carbocycles. The van der Waals surface area contributed by atoms with Crippen LogP contribution >= 0.6 is 11.8 Å². The van der Waals surface area contributed by atoms with Gasteiger partial charge < -0.3 is 9.84 Å². The molecule has 6 nitrogen and oxygen atoms in total. The van der Waals surface area contributed by atoms with Gasteiger partial charge in [-0.3, -0.25) is 4.79 Å². The fraction of sp³-hybridized carbons (Fsp3) is 0.294. The van der Waals surface area contributed by atoms with Crippen LogP contribution in [0, 0.1) is 6.92 Å². The van der Waals surface area contributed by atoms with Crippen LogP contribution in [0.2, 0.25) is 0 Å². The number of carboxylic acid groups (broad SMARTS) is 1. The standard InChI is InChI=1S/C17H18N2O4S/c1-4-23-16(22)13-10(2)18-17(24-11(3)15(20)21)19-14(13)12-8-6-5-7-9-12/h5-9,11H,4H2,1-3H3,(H,20,21). The number of esters is 1. The lowest BCUT2D eigenvalue weighted by molar-refractivity contribution is -0.136. The maximum absolute atomic E-state index is 12.3. The number of nitrogens with zero attached hydrogens (tertiary/aromatic N) is 2. The number of carboxylic acids is 1. The van der Waals surface area contributed by atoms with E-state index in [-0.39, 0.29) is 6.61 Å². The molecular formula is C17H18N2O4S. The molecule has 1 unspecified atom stereocenters. The summed E-state index contributed by atoms with van der Waals surface area (Å²) in [6.07, 6.45) is 0. The molecule has 126 valence electrons. The third-order valence-corrected chi connectivity index (χ3v) is 4.17. The zero-order valence-corrected chi connectivity index (χ0v) is 14.5. The first kappa shape index (κ1) is 17.9. The van der Waals surface area contributed by atoms with E-state index in [1.165, 1.54) is 0 Å². The molecule has 0 bridgehead atoms. The highest BCUT2D eigenvalue weighted by Gasteiger charge is 2.23. The zero-order valence-electron chi connectivity index (χ0n) is 13.6. The number of ether oxygens (including phenoxy) is 1. The average molecular weight is 346 g/mol. The first-order chi connectivity index (χ1) is 11.4. The molecular weight excluding hydrogens is 328 g/mol. The second-order valence-electron chi connectivity index (χ2n) is 5.00. The Morgan fingerprint density at radius 3 is 2.50 bits per heavy atom. The molecule has 1 aromatic heterocycles. The SMILES string of the molecule is CCOC(=O)c1c(C)nc(SC(C)C(=O)O)nc1-c1ccccc1. The van der Waals surface area contributed by atoms with E-state index >= 15 is 0 Å². The summed E-state index contributed by atoms with van der Waals surface area (Å²) in [5.74, 6) is -1.44. The van der Waals surface area contributed by atoms with Gasteiger partial charge in [0.2, 0.25) is 0 Å². The van der Waals surface area contributed by atoms with Gasteiger partial charge in [-0.2, -0.15) is 0 Å². The fourth-order valence-corrected chi connectivity index (χ4v) is 2.81. The van der Waals surface area contributed by atoms with Gasteiger partial charge in [-0.05, 0) is 20.8 Å². The number of aromatic nitrogens is 2. The van der Waals surface area contributed by atoms with E-state index in [2.05, 4.69) is 9.97 Å². The summed E-state index contributed by atoms with van der Waals surface area (Å²) in [4.78, 5) is 32.0. The van der Waals surface area contributed by atoms with Gasteiger partial charge in [-0.25, -0.2) is 14.8 Å². The number of benzene rings is 1. The Kier molecular flexibility index (Phi) is 5.92. The summed E-state index contributed by atoms with van der Waals surface area (Å²) in [5.41, 5.74) is 1.95. The summed E-state index contributed by atoms with van der Waals surface area (Å²) in [6, 6.07) is 9.21. The number of carbonyl (C=O) groups is 2. The van der Waals surface area contributed by atoms with Crippen LogP contribution in [0.15, 0.2) is 35.5 Å². The first-order valence-corrected chi connectivity index (χ1v) is 8.32. The van der Waals surface area contributed by atoms with Crippen molar-refractivity contribution in [2.24, 2.45) is 0 Å². The molecule has 2 rings (SSSR count). The quantitative estimate of drug-likeness (QED) is 0.488. The van der Waals surface area contributed by atoms with Crippen molar-refractivity contribution >= 4 is 23.7 Å². The van der Waals surface area contributed by atoms with Crippen LogP contribution in [0.3, 0.4) is 0 Å². The number of aliphatic carboxylic acids is 1. The van der Waals surface area contributed by atoms with E-state index in [4.69, 9.17) is 9.84 Å². The number of aryl methyl sites for hydroxylation is 1. The van der Waals surface area contributed by atoms with Crippen molar-refractivity contribution in [3.05, 3.63) is 41.6 Å². The Hall–Kier alpha value is -2.41. The molecule has 24 heavy (non-hydrogen) atoms. The van der Waals surface area contributed by atoms with Crippen LogP contribution in [-0.2, 0) is 9.53 Å². The van der Waals surface area contributed by atoms with Gasteiger partial charge in [0.05, 0.1) is 18.0 Å². The Bertz CT molecular complexity index is 750. The first-order valence-electron chi connectivity index (χ1n) is 7.44. The average Bonchev–Trinajstić information content (AvgIpc) is 2.55. The van der Waals surface area contributed by atoms with Crippen molar-refractivity contribution in [1.82, 2.24) is 9.97 Å². The summed E-state index contributed by atoms with van der Waals surface area (Å²) in [6.45, 7) is 5.23. The molecule has 0 radical (unpaired) electrons. The van der Waals surface area contributed by atoms with Crippen LogP contribution in [0.1, 0.15) is 29.9 Å². The highest BCUT2D eigenvalue weighted by Crippen LogP contribution is 2.28. The second kappa shape index (κ2) is 7.92. The highest BCUT2D eigenvalue weighted by atomic mass is 32.2. The molecule has 1 N–H and O–H groups in total. The predicted molar refractivity (Wildman–Crippen MR) is 91.1 cm³/mol. The molecule has 1 aromatic carbocycles. The van der Waals surface area contributed by atoms with Gasteiger partial charge in [-0.1, -0.05) is 42.1 Å². The van der Waals surface area contributed by atoms with Crippen LogP contribution in [0.5, 0.6) is 0 Å². The minimum Gasteiger partial charge on any atom is -0.480 e. The van der Waals surface area contributed by atoms with Crippen molar-refractivity contribution in [3.8, 4) is 11.3 Å². The number of carbonyl (C=O) groups excluding carboxylic acids is 1. The summed E-state index contributed by atoms with van der Waals surface area (Å²) < 4.78 is 5.11. The Balaban J connectivity index is 2.55. The molecule has 7 heteroatoms. The van der Waals surface area contributed by atoms with Crippen molar-refractivity contribution in [3.63, 3.8) is 0 Å². The number of thioether (sulfide) groups is 1. The number of hydrogen-bond acceptors (Lipinski definition) is 6. The number of rotatable bonds is 6. The lowest BCUT2D eigenvalue weighted by Crippen LogP contribution is -2.15. The van der Waals surface area contributed by atoms with Gasteiger partial charge in [0.1, 0.15) is 10.8 Å². The van der Waals surface area contributed by atoms with Gasteiger partial charge >= 0.3 is 11.9 Å². The molecule has 0 aliphatic heterocycles. The predicted octanol–water partition coefficient (Wildman–Crippen LogP) is 3.19. The molecule has 2 aromatic rings. The molecule has 1 atom stereocenters. The van der Waals surface area contributed by atoms with Crippen molar-refractivity contribution in [2.75, 3.05) is 6.61 Å². The summed E-state index contributed by atoms with van der Waals surface area (Å²) in [7, 11) is 0. The van der Waals surface area contributed by atoms with E-state index in [0.29, 0.717) is 22.1 Å². The van der Waals surface area contributed by atoms with Gasteiger partial charge in [0, 0.05) is 5.56 Å². The van der Waals surface area contributed by atoms with Gasteiger partial charge in [-0.15, -0.1) is 0 Å². The molecule has 0 saturated heterocycles. The van der Waals surface area contributed by atoms with Gasteiger partial charge in [0.25, 0.3) is 0 Å². The lowest BCUT2D eigenvalue weighted by atomic mass is 10.0.